The molecule has 0 amide bonds. The van der Waals surface area contributed by atoms with Crippen molar-refractivity contribution in [1.29, 1.82) is 0 Å². The number of hydrogen-bond donors (Lipinski definition) is 4. The van der Waals surface area contributed by atoms with Gasteiger partial charge in [0, 0.05) is 35.3 Å². The van der Waals surface area contributed by atoms with Crippen molar-refractivity contribution in [1.82, 2.24) is 19.9 Å². The minimum absolute atomic E-state index is 0.142. The second kappa shape index (κ2) is 11.6. The lowest BCUT2D eigenvalue weighted by atomic mass is 9.98. The molecular formula is C34H42N4O2. The molecule has 40 heavy (non-hydrogen) atoms. The predicted molar refractivity (Wildman–Crippen MR) is 167 cm³/mol. The summed E-state index contributed by atoms with van der Waals surface area (Å²) >= 11 is 0. The summed E-state index contributed by atoms with van der Waals surface area (Å²) in [6.45, 7) is 13.4. The first kappa shape index (κ1) is 28.1. The molecule has 0 aliphatic carbocycles. The van der Waals surface area contributed by atoms with Gasteiger partial charge >= 0.3 is 0 Å². The molecular weight excluding hydrogens is 496 g/mol. The second-order valence-corrected chi connectivity index (χ2v) is 11.0. The van der Waals surface area contributed by atoms with Gasteiger partial charge in [0.2, 0.25) is 0 Å². The average molecular weight is 539 g/mol. The lowest BCUT2D eigenvalue weighted by molar-refractivity contribution is 0.290. The summed E-state index contributed by atoms with van der Waals surface area (Å²) in [5.74, 6) is 0. The van der Waals surface area contributed by atoms with Crippen molar-refractivity contribution in [3.05, 3.63) is 69.3 Å². The highest BCUT2D eigenvalue weighted by molar-refractivity contribution is 5.95. The molecule has 6 heteroatoms. The summed E-state index contributed by atoms with van der Waals surface area (Å²) in [4.78, 5) is 17.7. The molecule has 6 nitrogen and oxygen atoms in total. The number of allylic oxidation sites excluding steroid dienone is 4. The van der Waals surface area contributed by atoms with Crippen molar-refractivity contribution in [2.45, 2.75) is 80.1 Å². The van der Waals surface area contributed by atoms with Crippen molar-refractivity contribution < 1.29 is 10.2 Å². The Labute approximate surface area is 237 Å². The van der Waals surface area contributed by atoms with Gasteiger partial charge in [-0.3, -0.25) is 0 Å². The van der Waals surface area contributed by atoms with E-state index in [2.05, 4.69) is 75.8 Å². The molecule has 0 saturated heterocycles. The van der Waals surface area contributed by atoms with Gasteiger partial charge in [-0.15, -0.1) is 0 Å². The zero-order valence-electron chi connectivity index (χ0n) is 24.8. The van der Waals surface area contributed by atoms with Crippen LogP contribution in [0.2, 0.25) is 0 Å². The maximum Gasteiger partial charge on any atom is 0.0694 e. The number of aryl methyl sites for hydroxylation is 4. The molecule has 0 fully saturated rings. The van der Waals surface area contributed by atoms with Crippen LogP contribution in [0.1, 0.15) is 98.4 Å². The van der Waals surface area contributed by atoms with Gasteiger partial charge in [0.15, 0.2) is 0 Å². The van der Waals surface area contributed by atoms with Gasteiger partial charge in [-0.05, 0) is 135 Å². The van der Waals surface area contributed by atoms with Crippen molar-refractivity contribution in [2.24, 2.45) is 0 Å². The molecule has 0 spiro atoms. The zero-order valence-corrected chi connectivity index (χ0v) is 24.8. The number of rotatable bonds is 8. The minimum Gasteiger partial charge on any atom is -0.396 e. The zero-order chi connectivity index (χ0) is 28.6. The van der Waals surface area contributed by atoms with E-state index in [1.807, 2.05) is 0 Å². The third-order valence-electron chi connectivity index (χ3n) is 8.68. The van der Waals surface area contributed by atoms with Crippen LogP contribution in [0.4, 0.5) is 0 Å². The van der Waals surface area contributed by atoms with Crippen LogP contribution in [0.3, 0.4) is 0 Å². The molecule has 8 bridgehead atoms. The summed E-state index contributed by atoms with van der Waals surface area (Å²) in [6.07, 6.45) is 4.76. The van der Waals surface area contributed by atoms with E-state index in [4.69, 9.17) is 9.97 Å². The van der Waals surface area contributed by atoms with Crippen LogP contribution in [-0.4, -0.2) is 43.4 Å². The van der Waals surface area contributed by atoms with E-state index < -0.39 is 0 Å². The van der Waals surface area contributed by atoms with Gasteiger partial charge in [0.1, 0.15) is 0 Å². The number of aromatic amines is 2. The fourth-order valence-electron chi connectivity index (χ4n) is 6.27. The van der Waals surface area contributed by atoms with Crippen LogP contribution in [0, 0.1) is 13.8 Å². The van der Waals surface area contributed by atoms with Gasteiger partial charge in [0.05, 0.1) is 22.8 Å². The van der Waals surface area contributed by atoms with Crippen molar-refractivity contribution in [3.8, 4) is 0 Å². The van der Waals surface area contributed by atoms with E-state index in [9.17, 15) is 10.2 Å². The number of hydrogen-bond acceptors (Lipinski definition) is 4. The first-order valence-corrected chi connectivity index (χ1v) is 14.7. The lowest BCUT2D eigenvalue weighted by Crippen LogP contribution is -1.91. The van der Waals surface area contributed by atoms with Crippen LogP contribution in [-0.2, 0) is 12.8 Å². The standard InChI is InChI=1S/C34H42N4O2/c1-7-23-19(3)27-15-29-21(5)25(11-9-13-39)33(37-29)18-34-26(12-10-14-40)22(6)30(38-34)16-28-20(4)24(8-2)32(36-28)17-31(23)35-27/h15-18,35-36,39-40H,7-14H2,1-6H3. The number of aliphatic hydroxyl groups excluding tert-OH is 2. The maximum atomic E-state index is 9.62. The molecule has 0 saturated carbocycles. The molecule has 5 rings (SSSR count). The molecule has 4 N–H and O–H groups in total. The van der Waals surface area contributed by atoms with Crippen molar-refractivity contribution in [3.63, 3.8) is 0 Å². The normalized spacial score (nSPS) is 13.6. The number of H-pyrrole nitrogens is 2. The Kier molecular flexibility index (Phi) is 8.11. The average Bonchev–Trinajstić information content (AvgIpc) is 3.59. The lowest BCUT2D eigenvalue weighted by Gasteiger charge is -2.05. The van der Waals surface area contributed by atoms with Gasteiger partial charge in [-0.25, -0.2) is 9.97 Å². The van der Waals surface area contributed by atoms with Crippen LogP contribution >= 0.6 is 0 Å². The number of fused-ring (bicyclic) bond motifs is 8. The topological polar surface area (TPSA) is 97.8 Å². The van der Waals surface area contributed by atoms with Gasteiger partial charge in [-0.1, -0.05) is 13.8 Å². The summed E-state index contributed by atoms with van der Waals surface area (Å²) < 4.78 is 0. The highest BCUT2D eigenvalue weighted by Crippen LogP contribution is 2.38. The quantitative estimate of drug-likeness (QED) is 0.239. The number of nitrogens with one attached hydrogen (secondary N) is 2. The first-order chi connectivity index (χ1) is 19.3. The first-order valence-electron chi connectivity index (χ1n) is 14.7. The van der Waals surface area contributed by atoms with E-state index in [0.29, 0.717) is 12.8 Å². The number of aromatic nitrogens is 4. The molecule has 0 radical (unpaired) electrons. The minimum atomic E-state index is 0.142. The molecule has 210 valence electrons. The smallest absolute Gasteiger partial charge is 0.0694 e. The highest BCUT2D eigenvalue weighted by atomic mass is 16.3. The molecule has 2 aliphatic heterocycles. The van der Waals surface area contributed by atoms with E-state index >= 15 is 0 Å². The molecule has 3 aromatic rings. The Morgan fingerprint density at radius 2 is 1.00 bits per heavy atom. The summed E-state index contributed by atoms with van der Waals surface area (Å²) in [7, 11) is 0. The Morgan fingerprint density at radius 3 is 1.38 bits per heavy atom. The van der Waals surface area contributed by atoms with E-state index in [-0.39, 0.29) is 13.2 Å². The van der Waals surface area contributed by atoms with Crippen molar-refractivity contribution in [2.75, 3.05) is 13.2 Å². The van der Waals surface area contributed by atoms with Gasteiger partial charge < -0.3 is 20.2 Å². The van der Waals surface area contributed by atoms with Gasteiger partial charge in [-0.2, -0.15) is 0 Å². The Balaban J connectivity index is 1.93. The highest BCUT2D eigenvalue weighted by Gasteiger charge is 2.21. The van der Waals surface area contributed by atoms with E-state index in [1.165, 1.54) is 22.3 Å². The summed E-state index contributed by atoms with van der Waals surface area (Å²) in [6, 6.07) is 8.73. The summed E-state index contributed by atoms with van der Waals surface area (Å²) in [5.41, 5.74) is 17.9. The molecule has 0 atom stereocenters. The Bertz CT molecular complexity index is 1560. The summed E-state index contributed by atoms with van der Waals surface area (Å²) in [5, 5.41) is 19.2. The maximum absolute atomic E-state index is 9.62. The van der Waals surface area contributed by atoms with Crippen LogP contribution in [0.25, 0.3) is 44.4 Å². The van der Waals surface area contributed by atoms with E-state index in [1.54, 1.807) is 0 Å². The molecule has 5 heterocycles. The third-order valence-corrected chi connectivity index (χ3v) is 8.68. The number of nitrogens with zero attached hydrogens (tertiary/aromatic N) is 2. The van der Waals surface area contributed by atoms with Gasteiger partial charge in [0.25, 0.3) is 0 Å². The Hall–Kier alpha value is -3.48. The number of aliphatic hydroxyl groups is 2. The largest absolute Gasteiger partial charge is 0.396 e. The van der Waals surface area contributed by atoms with Crippen LogP contribution < -0.4 is 0 Å². The van der Waals surface area contributed by atoms with Crippen LogP contribution in [0.5, 0.6) is 0 Å². The molecule has 0 aromatic carbocycles. The fourth-order valence-corrected chi connectivity index (χ4v) is 6.27. The molecule has 2 aliphatic rings. The van der Waals surface area contributed by atoms with E-state index in [0.717, 1.165) is 92.8 Å². The predicted octanol–water partition coefficient (Wildman–Crippen LogP) is 7.46. The van der Waals surface area contributed by atoms with Crippen LogP contribution in [0.15, 0.2) is 24.3 Å². The molecule has 0 unspecified atom stereocenters. The second-order valence-electron chi connectivity index (χ2n) is 11.0. The Morgan fingerprint density at radius 1 is 0.575 bits per heavy atom. The third kappa shape index (κ3) is 4.95. The SMILES string of the molecule is CCc1c(C)c2cc3nc(cc4nc(cc5[nH]c(cc1[nH]2)c(CC)c5C)C(C)=C4CCCO)C(CCCO)=C3C. The fraction of sp³-hybridized carbons (Fsp3) is 0.412. The molecule has 3 aromatic heterocycles. The van der Waals surface area contributed by atoms with Crippen molar-refractivity contribution >= 4 is 44.4 Å². The monoisotopic (exact) mass is 538 g/mol.